The van der Waals surface area contributed by atoms with E-state index in [0.717, 1.165) is 10.9 Å². The Morgan fingerprint density at radius 3 is 2.62 bits per heavy atom. The van der Waals surface area contributed by atoms with Crippen LogP contribution >= 0.6 is 19.4 Å². The van der Waals surface area contributed by atoms with E-state index in [2.05, 4.69) is 10.9 Å². The Morgan fingerprint density at radius 2 is 2.03 bits per heavy atom. The Bertz CT molecular complexity index is 1310. The summed E-state index contributed by atoms with van der Waals surface area (Å²) in [5, 5.41) is 10.8. The van der Waals surface area contributed by atoms with Crippen LogP contribution in [0.3, 0.4) is 0 Å². The summed E-state index contributed by atoms with van der Waals surface area (Å²) in [6, 6.07) is 7.86. The standard InChI is InChI=1S/C22H25ClN3O10P/c1-5-22(23)17(27)16(34-19(22)26-12-24-20(29)25-21(26)30)11-32-37(31,36-15-9-7-6-8-10-15)35-14(4)18(28)33-13(2)3/h1,6-10,12-14,16-17,19,27H,11H2,2-4H3,(H,25,29,30)/t14-,16+,17-,19+,22?,37-/m0/s1. The molecule has 2 heterocycles. The molecule has 1 aromatic heterocycles. The lowest BCUT2D eigenvalue weighted by Crippen LogP contribution is -2.44. The van der Waals surface area contributed by atoms with Gasteiger partial charge in [-0.25, -0.2) is 18.9 Å². The second-order valence-electron chi connectivity index (χ2n) is 8.15. The van der Waals surface area contributed by atoms with Crippen LogP contribution < -0.4 is 15.9 Å². The molecule has 2 aromatic rings. The summed E-state index contributed by atoms with van der Waals surface area (Å²) in [5.74, 6) is 1.46. The molecule has 1 aromatic carbocycles. The minimum absolute atomic E-state index is 0.0993. The summed E-state index contributed by atoms with van der Waals surface area (Å²) in [7, 11) is -4.55. The maximum absolute atomic E-state index is 13.5. The SMILES string of the molecule is C#CC1(Cl)[C@@H](O)[C@@H](CO[P@](=O)(Oc2ccccc2)O[C@@H](C)C(=O)OC(C)C)O[C@H]1n1cnc(=O)[nH]c1=O. The van der Waals surface area contributed by atoms with Gasteiger partial charge in [0.15, 0.2) is 17.2 Å². The summed E-state index contributed by atoms with van der Waals surface area (Å²) in [6.07, 6.45) is 0.0579. The topological polar surface area (TPSA) is 168 Å². The van der Waals surface area contributed by atoms with E-state index >= 15 is 0 Å². The molecule has 1 saturated heterocycles. The van der Waals surface area contributed by atoms with E-state index in [0.29, 0.717) is 0 Å². The number of para-hydroxylation sites is 1. The quantitative estimate of drug-likeness (QED) is 0.187. The highest BCUT2D eigenvalue weighted by Gasteiger charge is 2.56. The first-order chi connectivity index (χ1) is 17.4. The first-order valence-corrected chi connectivity index (χ1v) is 12.8. The number of aromatic amines is 1. The number of terminal acetylenes is 1. The number of aliphatic hydroxyl groups is 1. The Labute approximate surface area is 216 Å². The Balaban J connectivity index is 1.84. The van der Waals surface area contributed by atoms with Crippen LogP contribution in [-0.2, 0) is 27.9 Å². The average molecular weight is 558 g/mol. The van der Waals surface area contributed by atoms with Crippen molar-refractivity contribution in [2.75, 3.05) is 6.61 Å². The molecule has 0 bridgehead atoms. The minimum atomic E-state index is -4.55. The van der Waals surface area contributed by atoms with Crippen molar-refractivity contribution >= 4 is 25.4 Å². The molecular weight excluding hydrogens is 533 g/mol. The highest BCUT2D eigenvalue weighted by atomic mass is 35.5. The third kappa shape index (κ3) is 6.67. The van der Waals surface area contributed by atoms with Crippen molar-refractivity contribution in [3.63, 3.8) is 0 Å². The molecule has 1 aliphatic rings. The second-order valence-corrected chi connectivity index (χ2v) is 10.3. The molecule has 2 N–H and O–H groups in total. The molecule has 1 aliphatic heterocycles. The van der Waals surface area contributed by atoms with Gasteiger partial charge in [-0.15, -0.1) is 6.42 Å². The van der Waals surface area contributed by atoms with Gasteiger partial charge in [0, 0.05) is 0 Å². The zero-order valence-electron chi connectivity index (χ0n) is 20.0. The number of hydrogen-bond donors (Lipinski definition) is 2. The number of H-pyrrole nitrogens is 1. The van der Waals surface area contributed by atoms with Crippen LogP contribution in [0.5, 0.6) is 5.75 Å². The summed E-state index contributed by atoms with van der Waals surface area (Å²) in [4.78, 5) is 39.2. The van der Waals surface area contributed by atoms with Gasteiger partial charge in [-0.2, -0.15) is 4.98 Å². The molecule has 0 radical (unpaired) electrons. The van der Waals surface area contributed by atoms with Crippen molar-refractivity contribution in [2.45, 2.75) is 56.3 Å². The van der Waals surface area contributed by atoms with Crippen molar-refractivity contribution in [3.8, 4) is 18.1 Å². The van der Waals surface area contributed by atoms with E-state index in [4.69, 9.17) is 41.1 Å². The number of carbonyl (C=O) groups is 1. The van der Waals surface area contributed by atoms with E-state index in [-0.39, 0.29) is 5.75 Å². The van der Waals surface area contributed by atoms with Gasteiger partial charge in [0.05, 0.1) is 12.7 Å². The minimum Gasteiger partial charge on any atom is -0.461 e. The highest BCUT2D eigenvalue weighted by Crippen LogP contribution is 2.52. The van der Waals surface area contributed by atoms with Crippen molar-refractivity contribution < 1.29 is 37.5 Å². The van der Waals surface area contributed by atoms with Crippen molar-refractivity contribution in [1.29, 1.82) is 0 Å². The molecule has 1 fully saturated rings. The summed E-state index contributed by atoms with van der Waals surface area (Å²) in [6.45, 7) is 3.90. The number of halogens is 1. The molecule has 0 amide bonds. The van der Waals surface area contributed by atoms with Crippen LogP contribution in [-0.4, -0.2) is 61.5 Å². The highest BCUT2D eigenvalue weighted by molar-refractivity contribution is 7.49. The van der Waals surface area contributed by atoms with Gasteiger partial charge >= 0.3 is 25.2 Å². The van der Waals surface area contributed by atoms with Gasteiger partial charge in [0.2, 0.25) is 0 Å². The number of rotatable bonds is 10. The molecule has 200 valence electrons. The van der Waals surface area contributed by atoms with Crippen LogP contribution in [0.25, 0.3) is 0 Å². The molecule has 0 aliphatic carbocycles. The summed E-state index contributed by atoms with van der Waals surface area (Å²) < 4.78 is 41.2. The van der Waals surface area contributed by atoms with Gasteiger partial charge in [-0.05, 0) is 32.9 Å². The first kappa shape index (κ1) is 28.6. The number of benzene rings is 1. The maximum atomic E-state index is 13.5. The first-order valence-electron chi connectivity index (χ1n) is 10.9. The molecule has 3 rings (SSSR count). The lowest BCUT2D eigenvalue weighted by molar-refractivity contribution is -0.156. The third-order valence-electron chi connectivity index (χ3n) is 5.00. The molecule has 1 unspecified atom stereocenters. The number of nitrogens with zero attached hydrogens (tertiary/aromatic N) is 2. The van der Waals surface area contributed by atoms with E-state index in [1.807, 2.05) is 4.98 Å². The third-order valence-corrected chi connectivity index (χ3v) is 6.99. The monoisotopic (exact) mass is 557 g/mol. The molecule has 6 atom stereocenters. The number of ether oxygens (including phenoxy) is 2. The summed E-state index contributed by atoms with van der Waals surface area (Å²) in [5.41, 5.74) is -1.86. The van der Waals surface area contributed by atoms with Crippen LogP contribution in [0.15, 0.2) is 46.2 Å². The van der Waals surface area contributed by atoms with Gasteiger partial charge in [0.1, 0.15) is 24.3 Å². The maximum Gasteiger partial charge on any atom is 0.530 e. The van der Waals surface area contributed by atoms with Crippen molar-refractivity contribution in [3.05, 3.63) is 57.6 Å². The second kappa shape index (κ2) is 11.6. The number of aromatic nitrogens is 3. The molecular formula is C22H25ClN3O10P. The van der Waals surface area contributed by atoms with Gasteiger partial charge in [0.25, 0.3) is 0 Å². The molecule has 0 spiro atoms. The van der Waals surface area contributed by atoms with Gasteiger partial charge in [-0.1, -0.05) is 35.7 Å². The predicted molar refractivity (Wildman–Crippen MR) is 129 cm³/mol. The van der Waals surface area contributed by atoms with Crippen LogP contribution in [0.2, 0.25) is 0 Å². The lowest BCUT2D eigenvalue weighted by atomic mass is 10.00. The number of phosphoric ester groups is 1. The smallest absolute Gasteiger partial charge is 0.461 e. The molecule has 13 nitrogen and oxygen atoms in total. The zero-order valence-corrected chi connectivity index (χ0v) is 21.6. The Morgan fingerprint density at radius 1 is 1.35 bits per heavy atom. The van der Waals surface area contributed by atoms with Crippen LogP contribution in [0, 0.1) is 12.3 Å². The van der Waals surface area contributed by atoms with E-state index in [1.54, 1.807) is 32.0 Å². The number of alkyl halides is 1. The zero-order chi connectivity index (χ0) is 27.4. The number of aliphatic hydroxyl groups excluding tert-OH is 1. The molecule has 15 heteroatoms. The largest absolute Gasteiger partial charge is 0.530 e. The van der Waals surface area contributed by atoms with Crippen molar-refractivity contribution in [2.24, 2.45) is 0 Å². The van der Waals surface area contributed by atoms with E-state index in [9.17, 15) is 24.1 Å². The van der Waals surface area contributed by atoms with E-state index in [1.165, 1.54) is 19.1 Å². The average Bonchev–Trinajstić information content (AvgIpc) is 3.08. The van der Waals surface area contributed by atoms with Crippen LogP contribution in [0.4, 0.5) is 0 Å². The Kier molecular flexibility index (Phi) is 8.96. The fourth-order valence-electron chi connectivity index (χ4n) is 3.25. The lowest BCUT2D eigenvalue weighted by Gasteiger charge is -2.25. The van der Waals surface area contributed by atoms with Crippen molar-refractivity contribution in [1.82, 2.24) is 14.5 Å². The molecule has 37 heavy (non-hydrogen) atoms. The van der Waals surface area contributed by atoms with Gasteiger partial charge < -0.3 is 19.1 Å². The van der Waals surface area contributed by atoms with Crippen LogP contribution in [0.1, 0.15) is 27.0 Å². The van der Waals surface area contributed by atoms with E-state index < -0.39 is 67.3 Å². The fraction of sp³-hybridized carbons (Fsp3) is 0.455. The Hall–Kier alpha value is -2.98. The summed E-state index contributed by atoms with van der Waals surface area (Å²) >= 11 is 6.43. The fourth-order valence-corrected chi connectivity index (χ4v) is 4.89. The number of carbonyl (C=O) groups excluding carboxylic acids is 1. The number of hydrogen-bond acceptors (Lipinski definition) is 11. The predicted octanol–water partition coefficient (Wildman–Crippen LogP) is 1.36. The molecule has 0 saturated carbocycles. The number of phosphoric acid groups is 1. The number of nitrogens with one attached hydrogen (secondary N) is 1. The van der Waals surface area contributed by atoms with Gasteiger partial charge in [-0.3, -0.25) is 18.6 Å². The number of esters is 1. The normalized spacial score (nSPS) is 25.7.